The lowest BCUT2D eigenvalue weighted by Gasteiger charge is -2.38. The summed E-state index contributed by atoms with van der Waals surface area (Å²) in [5.41, 5.74) is 3.45. The van der Waals surface area contributed by atoms with Crippen molar-refractivity contribution in [3.8, 4) is 0 Å². The molecule has 0 unspecified atom stereocenters. The zero-order valence-corrected chi connectivity index (χ0v) is 13.5. The molecular weight excluding hydrogens is 261 g/mol. The molecule has 0 radical (unpaired) electrons. The number of hydrogen-bond acceptors (Lipinski definition) is 1. The molecule has 3 rings (SSSR count). The minimum atomic E-state index is 0.164. The van der Waals surface area contributed by atoms with E-state index in [0.717, 1.165) is 11.3 Å². The molecule has 20 heavy (non-hydrogen) atoms. The Kier molecular flexibility index (Phi) is 5.48. The lowest BCUT2D eigenvalue weighted by molar-refractivity contribution is 0.484. The minimum absolute atomic E-state index is 0.164. The van der Waals surface area contributed by atoms with Gasteiger partial charge in [-0.05, 0) is 49.1 Å². The van der Waals surface area contributed by atoms with Crippen molar-refractivity contribution in [1.29, 1.82) is 0 Å². The van der Waals surface area contributed by atoms with Crippen molar-refractivity contribution in [1.82, 2.24) is 4.98 Å². The molecule has 2 fully saturated rings. The van der Waals surface area contributed by atoms with Crippen molar-refractivity contribution in [2.75, 3.05) is 0 Å². The maximum atomic E-state index is 4.62. The van der Waals surface area contributed by atoms with Gasteiger partial charge in [0.15, 0.2) is 0 Å². The SMILES string of the molecule is c1ccc(CP(C2CCCCC2)C2CCCCC2)nc1. The van der Waals surface area contributed by atoms with Crippen molar-refractivity contribution in [3.63, 3.8) is 0 Å². The first-order valence-electron chi connectivity index (χ1n) is 8.59. The Labute approximate surface area is 125 Å². The van der Waals surface area contributed by atoms with Gasteiger partial charge in [0.2, 0.25) is 0 Å². The van der Waals surface area contributed by atoms with Crippen LogP contribution in [0.25, 0.3) is 0 Å². The highest BCUT2D eigenvalue weighted by molar-refractivity contribution is 7.58. The quantitative estimate of drug-likeness (QED) is 0.645. The zero-order chi connectivity index (χ0) is 13.6. The summed E-state index contributed by atoms with van der Waals surface area (Å²) in [4.78, 5) is 4.62. The molecule has 0 N–H and O–H groups in total. The fourth-order valence-corrected chi connectivity index (χ4v) is 7.79. The van der Waals surface area contributed by atoms with Crippen LogP contribution >= 0.6 is 7.92 Å². The summed E-state index contributed by atoms with van der Waals surface area (Å²) in [5.74, 6) is 0. The third-order valence-corrected chi connectivity index (χ3v) is 8.76. The van der Waals surface area contributed by atoms with E-state index >= 15 is 0 Å². The third kappa shape index (κ3) is 3.82. The number of aromatic nitrogens is 1. The van der Waals surface area contributed by atoms with E-state index in [1.807, 2.05) is 12.3 Å². The molecule has 2 aliphatic rings. The molecule has 1 heterocycles. The third-order valence-electron chi connectivity index (χ3n) is 5.16. The number of rotatable bonds is 4. The second-order valence-electron chi connectivity index (χ2n) is 6.58. The molecule has 0 aromatic carbocycles. The van der Waals surface area contributed by atoms with Crippen LogP contribution < -0.4 is 0 Å². The smallest absolute Gasteiger partial charge is 0.0446 e. The molecular formula is C18H28NP. The van der Waals surface area contributed by atoms with E-state index in [9.17, 15) is 0 Å². The average molecular weight is 289 g/mol. The van der Waals surface area contributed by atoms with E-state index in [4.69, 9.17) is 0 Å². The molecule has 2 aliphatic carbocycles. The molecule has 1 nitrogen and oxygen atoms in total. The summed E-state index contributed by atoms with van der Waals surface area (Å²) >= 11 is 0. The fraction of sp³-hybridized carbons (Fsp3) is 0.722. The van der Waals surface area contributed by atoms with Gasteiger partial charge in [-0.3, -0.25) is 4.98 Å². The summed E-state index contributed by atoms with van der Waals surface area (Å²) in [6.07, 6.45) is 18.2. The molecule has 1 aromatic rings. The lowest BCUT2D eigenvalue weighted by atomic mass is 9.99. The normalized spacial score (nSPS) is 22.2. The molecule has 0 saturated heterocycles. The predicted molar refractivity (Wildman–Crippen MR) is 88.6 cm³/mol. The Morgan fingerprint density at radius 1 is 0.850 bits per heavy atom. The zero-order valence-electron chi connectivity index (χ0n) is 12.6. The van der Waals surface area contributed by atoms with Gasteiger partial charge in [0, 0.05) is 18.1 Å². The van der Waals surface area contributed by atoms with Gasteiger partial charge < -0.3 is 0 Å². The van der Waals surface area contributed by atoms with E-state index < -0.39 is 0 Å². The number of hydrogen-bond donors (Lipinski definition) is 0. The summed E-state index contributed by atoms with van der Waals surface area (Å²) < 4.78 is 0. The van der Waals surface area contributed by atoms with Crippen LogP contribution in [-0.2, 0) is 6.16 Å². The van der Waals surface area contributed by atoms with E-state index in [1.165, 1.54) is 76.1 Å². The Bertz CT molecular complexity index is 362. The van der Waals surface area contributed by atoms with Gasteiger partial charge in [0.25, 0.3) is 0 Å². The Morgan fingerprint density at radius 2 is 1.45 bits per heavy atom. The second-order valence-corrected chi connectivity index (χ2v) is 9.38. The highest BCUT2D eigenvalue weighted by Gasteiger charge is 2.31. The Morgan fingerprint density at radius 3 is 1.95 bits per heavy atom. The molecule has 0 bridgehead atoms. The molecule has 0 spiro atoms. The topological polar surface area (TPSA) is 12.9 Å². The first kappa shape index (κ1) is 14.5. The van der Waals surface area contributed by atoms with Crippen LogP contribution in [0.3, 0.4) is 0 Å². The molecule has 1 aromatic heterocycles. The summed E-state index contributed by atoms with van der Waals surface area (Å²) in [5, 5.41) is 0. The molecule has 110 valence electrons. The fourth-order valence-electron chi connectivity index (χ4n) is 4.06. The second kappa shape index (κ2) is 7.55. The van der Waals surface area contributed by atoms with Gasteiger partial charge >= 0.3 is 0 Å². The van der Waals surface area contributed by atoms with Crippen LogP contribution in [0.1, 0.15) is 69.9 Å². The Hall–Kier alpha value is -0.420. The first-order valence-corrected chi connectivity index (χ1v) is 10.3. The molecule has 0 amide bonds. The predicted octanol–water partition coefficient (Wildman–Crippen LogP) is 5.73. The van der Waals surface area contributed by atoms with E-state index in [0.29, 0.717) is 0 Å². The van der Waals surface area contributed by atoms with Gasteiger partial charge in [-0.25, -0.2) is 0 Å². The molecule has 2 saturated carbocycles. The van der Waals surface area contributed by atoms with Crippen LogP contribution in [0.5, 0.6) is 0 Å². The highest BCUT2D eigenvalue weighted by atomic mass is 31.1. The van der Waals surface area contributed by atoms with Crippen LogP contribution in [0.15, 0.2) is 24.4 Å². The van der Waals surface area contributed by atoms with Gasteiger partial charge in [-0.1, -0.05) is 52.5 Å². The first-order chi connectivity index (χ1) is 9.93. The van der Waals surface area contributed by atoms with E-state index in [1.54, 1.807) is 0 Å². The summed E-state index contributed by atoms with van der Waals surface area (Å²) in [7, 11) is 0.164. The summed E-state index contributed by atoms with van der Waals surface area (Å²) in [6, 6.07) is 6.46. The highest BCUT2D eigenvalue weighted by Crippen LogP contribution is 2.57. The van der Waals surface area contributed by atoms with Crippen molar-refractivity contribution in [3.05, 3.63) is 30.1 Å². The van der Waals surface area contributed by atoms with Crippen LogP contribution in [0.4, 0.5) is 0 Å². The number of pyridine rings is 1. The Balaban J connectivity index is 1.71. The van der Waals surface area contributed by atoms with Gasteiger partial charge in [0.05, 0.1) is 0 Å². The lowest BCUT2D eigenvalue weighted by Crippen LogP contribution is -2.21. The van der Waals surface area contributed by atoms with Gasteiger partial charge in [-0.2, -0.15) is 0 Å². The van der Waals surface area contributed by atoms with Crippen LogP contribution in [0.2, 0.25) is 0 Å². The summed E-state index contributed by atoms with van der Waals surface area (Å²) in [6.45, 7) is 0. The van der Waals surface area contributed by atoms with Crippen molar-refractivity contribution < 1.29 is 0 Å². The van der Waals surface area contributed by atoms with Crippen molar-refractivity contribution in [2.45, 2.75) is 81.7 Å². The largest absolute Gasteiger partial charge is 0.261 e. The number of nitrogens with zero attached hydrogens (tertiary/aromatic N) is 1. The molecule has 0 aliphatic heterocycles. The van der Waals surface area contributed by atoms with Gasteiger partial charge in [0.1, 0.15) is 0 Å². The van der Waals surface area contributed by atoms with E-state index in [-0.39, 0.29) is 7.92 Å². The van der Waals surface area contributed by atoms with Crippen molar-refractivity contribution >= 4 is 7.92 Å². The maximum Gasteiger partial charge on any atom is 0.0446 e. The molecule has 0 atom stereocenters. The van der Waals surface area contributed by atoms with Crippen LogP contribution in [0, 0.1) is 0 Å². The van der Waals surface area contributed by atoms with Crippen molar-refractivity contribution in [2.24, 2.45) is 0 Å². The van der Waals surface area contributed by atoms with E-state index in [2.05, 4.69) is 17.1 Å². The van der Waals surface area contributed by atoms with Gasteiger partial charge in [-0.15, -0.1) is 0 Å². The minimum Gasteiger partial charge on any atom is -0.261 e. The van der Waals surface area contributed by atoms with Crippen LogP contribution in [-0.4, -0.2) is 16.3 Å². The monoisotopic (exact) mass is 289 g/mol. The standard InChI is InChI=1S/C18H28NP/c1-3-10-17(11-4-1)20(18-12-5-2-6-13-18)15-16-9-7-8-14-19-16/h7-9,14,17-18H,1-6,10-13,15H2. The molecule has 2 heteroatoms. The maximum absolute atomic E-state index is 4.62. The average Bonchev–Trinajstić information content (AvgIpc) is 2.55.